The van der Waals surface area contributed by atoms with Gasteiger partial charge in [-0.15, -0.1) is 11.8 Å². The highest BCUT2D eigenvalue weighted by Gasteiger charge is 2.35. The van der Waals surface area contributed by atoms with Crippen LogP contribution in [0.15, 0.2) is 47.4 Å². The van der Waals surface area contributed by atoms with Gasteiger partial charge >= 0.3 is 0 Å². The van der Waals surface area contributed by atoms with Crippen LogP contribution in [0.2, 0.25) is 0 Å². The minimum Gasteiger partial charge on any atom is -0.326 e. The third kappa shape index (κ3) is 4.31. The first kappa shape index (κ1) is 20.4. The summed E-state index contributed by atoms with van der Waals surface area (Å²) in [5.74, 6) is -0.853. The predicted octanol–water partition coefficient (Wildman–Crippen LogP) is 3.97. The van der Waals surface area contributed by atoms with Gasteiger partial charge in [0.25, 0.3) is 0 Å². The number of benzene rings is 2. The number of aromatic nitrogens is 1. The summed E-state index contributed by atoms with van der Waals surface area (Å²) < 4.78 is 0.856. The lowest BCUT2D eigenvalue weighted by Gasteiger charge is -2.17. The van der Waals surface area contributed by atoms with Crippen molar-refractivity contribution in [1.29, 1.82) is 0 Å². The Balaban J connectivity index is 1.46. The van der Waals surface area contributed by atoms with Crippen LogP contribution in [0.4, 0.5) is 16.5 Å². The molecule has 2 N–H and O–H groups in total. The number of fused-ring (bicyclic) bond motifs is 1. The van der Waals surface area contributed by atoms with Crippen molar-refractivity contribution in [3.63, 3.8) is 0 Å². The molecule has 1 saturated heterocycles. The summed E-state index contributed by atoms with van der Waals surface area (Å²) in [5, 5.41) is 6.06. The number of hydrogen-bond acceptors (Lipinski definition) is 6. The Morgan fingerprint density at radius 1 is 1.20 bits per heavy atom. The molecule has 0 aliphatic carbocycles. The quantitative estimate of drug-likeness (QED) is 0.586. The van der Waals surface area contributed by atoms with Crippen molar-refractivity contribution in [3.8, 4) is 0 Å². The van der Waals surface area contributed by atoms with Crippen LogP contribution in [0.3, 0.4) is 0 Å². The normalized spacial score (nSPS) is 16.1. The Morgan fingerprint density at radius 3 is 2.80 bits per heavy atom. The second-order valence-electron chi connectivity index (χ2n) is 6.98. The summed E-state index contributed by atoms with van der Waals surface area (Å²) >= 11 is 2.94. The van der Waals surface area contributed by atoms with Gasteiger partial charge in [-0.3, -0.25) is 14.4 Å². The van der Waals surface area contributed by atoms with Gasteiger partial charge in [0.05, 0.1) is 16.1 Å². The van der Waals surface area contributed by atoms with Crippen molar-refractivity contribution >= 4 is 67.5 Å². The number of hydrogen-bond donors (Lipinski definition) is 2. The highest BCUT2D eigenvalue weighted by molar-refractivity contribution is 7.98. The maximum Gasteiger partial charge on any atom is 0.231 e. The Hall–Kier alpha value is -2.91. The van der Waals surface area contributed by atoms with E-state index in [1.807, 2.05) is 36.6 Å². The molecule has 1 atom stereocenters. The summed E-state index contributed by atoms with van der Waals surface area (Å²) in [6.07, 6.45) is 2.16. The summed E-state index contributed by atoms with van der Waals surface area (Å²) in [7, 11) is 0. The monoisotopic (exact) mass is 440 g/mol. The minimum atomic E-state index is -0.433. The van der Waals surface area contributed by atoms with Crippen LogP contribution in [-0.2, 0) is 14.4 Å². The van der Waals surface area contributed by atoms with Gasteiger partial charge in [0.1, 0.15) is 0 Å². The van der Waals surface area contributed by atoms with Crippen LogP contribution in [0.1, 0.15) is 13.3 Å². The lowest BCUT2D eigenvalue weighted by molar-refractivity contribution is -0.122. The zero-order chi connectivity index (χ0) is 21.3. The number of nitrogens with zero attached hydrogens (tertiary/aromatic N) is 2. The van der Waals surface area contributed by atoms with E-state index in [2.05, 4.69) is 15.6 Å². The Morgan fingerprint density at radius 2 is 2.03 bits per heavy atom. The average Bonchev–Trinajstić information content (AvgIpc) is 3.30. The summed E-state index contributed by atoms with van der Waals surface area (Å²) in [6.45, 7) is 1.80. The number of amides is 3. The second kappa shape index (κ2) is 8.45. The van der Waals surface area contributed by atoms with Crippen molar-refractivity contribution < 1.29 is 14.4 Å². The SMILES string of the molecule is CSc1cccc(N2C[C@@H](C(=O)Nc3nc4ccc(NC(C)=O)cc4s3)CC2=O)c1. The summed E-state index contributed by atoms with van der Waals surface area (Å²) in [6, 6.07) is 13.1. The average molecular weight is 441 g/mol. The molecule has 1 aliphatic heterocycles. The molecule has 9 heteroatoms. The predicted molar refractivity (Wildman–Crippen MR) is 121 cm³/mol. The van der Waals surface area contributed by atoms with Gasteiger partial charge in [0, 0.05) is 36.2 Å². The molecule has 4 rings (SSSR count). The van der Waals surface area contributed by atoms with E-state index < -0.39 is 5.92 Å². The van der Waals surface area contributed by atoms with E-state index in [0.29, 0.717) is 17.4 Å². The number of anilines is 3. The van der Waals surface area contributed by atoms with Crippen molar-refractivity contribution in [2.45, 2.75) is 18.2 Å². The molecule has 1 aliphatic rings. The fourth-order valence-corrected chi connectivity index (χ4v) is 4.74. The van der Waals surface area contributed by atoms with Crippen molar-refractivity contribution in [3.05, 3.63) is 42.5 Å². The second-order valence-corrected chi connectivity index (χ2v) is 8.89. The van der Waals surface area contributed by atoms with Gasteiger partial charge in [0.15, 0.2) is 5.13 Å². The third-order valence-electron chi connectivity index (χ3n) is 4.80. The number of thioether (sulfide) groups is 1. The largest absolute Gasteiger partial charge is 0.326 e. The van der Waals surface area contributed by atoms with Crippen LogP contribution in [0.5, 0.6) is 0 Å². The van der Waals surface area contributed by atoms with Crippen LogP contribution in [-0.4, -0.2) is 35.5 Å². The first-order chi connectivity index (χ1) is 14.4. The molecule has 30 heavy (non-hydrogen) atoms. The standard InChI is InChI=1S/C21H20N4O3S2/c1-12(26)22-14-6-7-17-18(9-14)30-21(23-17)24-20(28)13-8-19(27)25(11-13)15-4-3-5-16(10-15)29-2/h3-7,9-10,13H,8,11H2,1-2H3,(H,22,26)(H,23,24,28)/t13-/m0/s1. The Labute approximate surface area is 181 Å². The zero-order valence-corrected chi connectivity index (χ0v) is 18.1. The molecular formula is C21H20N4O3S2. The number of rotatable bonds is 5. The van der Waals surface area contributed by atoms with Crippen LogP contribution in [0.25, 0.3) is 10.2 Å². The molecular weight excluding hydrogens is 420 g/mol. The molecule has 1 aromatic heterocycles. The molecule has 154 valence electrons. The summed E-state index contributed by atoms with van der Waals surface area (Å²) in [5.41, 5.74) is 2.23. The number of nitrogens with one attached hydrogen (secondary N) is 2. The molecule has 3 amide bonds. The van der Waals surface area contributed by atoms with Crippen molar-refractivity contribution in [1.82, 2.24) is 4.98 Å². The topological polar surface area (TPSA) is 91.4 Å². The van der Waals surface area contributed by atoms with Crippen LogP contribution in [0, 0.1) is 5.92 Å². The van der Waals surface area contributed by atoms with E-state index in [0.717, 1.165) is 20.8 Å². The smallest absolute Gasteiger partial charge is 0.231 e. The molecule has 2 aromatic carbocycles. The first-order valence-electron chi connectivity index (χ1n) is 9.36. The number of carbonyl (C=O) groups is 3. The van der Waals surface area contributed by atoms with E-state index in [1.165, 1.54) is 18.3 Å². The van der Waals surface area contributed by atoms with Gasteiger partial charge in [0.2, 0.25) is 17.7 Å². The molecule has 2 heterocycles. The zero-order valence-electron chi connectivity index (χ0n) is 16.5. The van der Waals surface area contributed by atoms with Gasteiger partial charge < -0.3 is 15.5 Å². The van der Waals surface area contributed by atoms with Gasteiger partial charge in [-0.2, -0.15) is 0 Å². The first-order valence-corrected chi connectivity index (χ1v) is 11.4. The minimum absolute atomic E-state index is 0.0577. The Bertz CT molecular complexity index is 1140. The van der Waals surface area contributed by atoms with Crippen molar-refractivity contribution in [2.24, 2.45) is 5.92 Å². The fourth-order valence-electron chi connectivity index (χ4n) is 3.38. The summed E-state index contributed by atoms with van der Waals surface area (Å²) in [4.78, 5) is 43.7. The van der Waals surface area contributed by atoms with E-state index in [4.69, 9.17) is 0 Å². The highest BCUT2D eigenvalue weighted by Crippen LogP contribution is 2.31. The van der Waals surface area contributed by atoms with Crippen LogP contribution >= 0.6 is 23.1 Å². The Kier molecular flexibility index (Phi) is 5.74. The molecule has 0 saturated carbocycles. The molecule has 7 nitrogen and oxygen atoms in total. The molecule has 3 aromatic rings. The molecule has 1 fully saturated rings. The lowest BCUT2D eigenvalue weighted by atomic mass is 10.1. The molecule has 0 spiro atoms. The van der Waals surface area contributed by atoms with Crippen molar-refractivity contribution in [2.75, 3.05) is 28.3 Å². The van der Waals surface area contributed by atoms with Gasteiger partial charge in [-0.05, 0) is 42.7 Å². The third-order valence-corrected chi connectivity index (χ3v) is 6.46. The maximum absolute atomic E-state index is 12.8. The van der Waals surface area contributed by atoms with E-state index in [9.17, 15) is 14.4 Å². The molecule has 0 unspecified atom stereocenters. The lowest BCUT2D eigenvalue weighted by Crippen LogP contribution is -2.28. The number of carbonyl (C=O) groups excluding carboxylic acids is 3. The van der Waals surface area contributed by atoms with E-state index in [1.54, 1.807) is 28.8 Å². The van der Waals surface area contributed by atoms with Gasteiger partial charge in [-0.25, -0.2) is 4.98 Å². The number of thiazole rings is 1. The fraction of sp³-hybridized carbons (Fsp3) is 0.238. The molecule has 0 radical (unpaired) electrons. The molecule has 0 bridgehead atoms. The van der Waals surface area contributed by atoms with E-state index >= 15 is 0 Å². The van der Waals surface area contributed by atoms with Gasteiger partial charge in [-0.1, -0.05) is 17.4 Å². The maximum atomic E-state index is 12.8. The van der Waals surface area contributed by atoms with E-state index in [-0.39, 0.29) is 24.1 Å². The van der Waals surface area contributed by atoms with Crippen LogP contribution < -0.4 is 15.5 Å². The highest BCUT2D eigenvalue weighted by atomic mass is 32.2.